The number of nitrogens with one attached hydrogen (secondary N) is 1. The molecule has 1 saturated heterocycles. The average Bonchev–Trinajstić information content (AvgIpc) is 3.41. The fourth-order valence-electron chi connectivity index (χ4n) is 3.77. The first-order valence-corrected chi connectivity index (χ1v) is 8.87. The molecule has 2 fully saturated rings. The van der Waals surface area contributed by atoms with Crippen LogP contribution in [0.15, 0.2) is 29.8 Å². The summed E-state index contributed by atoms with van der Waals surface area (Å²) in [5, 5.41) is 2.18. The van der Waals surface area contributed by atoms with Crippen LogP contribution in [0.5, 0.6) is 0 Å². The Morgan fingerprint density at radius 2 is 2.21 bits per heavy atom. The second-order valence-corrected chi connectivity index (χ2v) is 7.15. The highest BCUT2D eigenvalue weighted by Gasteiger charge is 2.38. The average molecular weight is 329 g/mol. The van der Waals surface area contributed by atoms with Gasteiger partial charge in [0, 0.05) is 43.7 Å². The van der Waals surface area contributed by atoms with E-state index in [2.05, 4.69) is 16.5 Å². The Morgan fingerprint density at radius 3 is 3.00 bits per heavy atom. The summed E-state index contributed by atoms with van der Waals surface area (Å²) in [5.74, 6) is 0.289. The molecule has 3 aliphatic rings. The number of hydrogen-bond acceptors (Lipinski definition) is 3. The van der Waals surface area contributed by atoms with Crippen LogP contribution in [0.3, 0.4) is 0 Å². The van der Waals surface area contributed by atoms with E-state index in [0.717, 1.165) is 50.0 Å². The number of hydrazine groups is 1. The van der Waals surface area contributed by atoms with Gasteiger partial charge in [-0.3, -0.25) is 10.2 Å². The third kappa shape index (κ3) is 2.98. The summed E-state index contributed by atoms with van der Waals surface area (Å²) < 4.78 is 13.8. The molecule has 1 saturated carbocycles. The molecule has 1 aromatic rings. The van der Waals surface area contributed by atoms with Gasteiger partial charge in [0.25, 0.3) is 0 Å². The summed E-state index contributed by atoms with van der Waals surface area (Å²) in [5.41, 5.74) is 5.89. The van der Waals surface area contributed by atoms with Crippen molar-refractivity contribution in [2.75, 3.05) is 19.6 Å². The number of nitrogens with zero attached hydrogens (tertiary/aromatic N) is 2. The summed E-state index contributed by atoms with van der Waals surface area (Å²) in [6, 6.07) is 5.47. The third-order valence-corrected chi connectivity index (χ3v) is 5.46. The van der Waals surface area contributed by atoms with Crippen molar-refractivity contribution in [3.63, 3.8) is 0 Å². The summed E-state index contributed by atoms with van der Waals surface area (Å²) in [6.07, 6.45) is 5.21. The Balaban J connectivity index is 1.57. The van der Waals surface area contributed by atoms with E-state index < -0.39 is 0 Å². The number of amides is 1. The molecule has 1 aliphatic carbocycles. The lowest BCUT2D eigenvalue weighted by atomic mass is 9.89. The first-order chi connectivity index (χ1) is 11.6. The van der Waals surface area contributed by atoms with Gasteiger partial charge < -0.3 is 4.90 Å². The Labute approximate surface area is 142 Å². The maximum Gasteiger partial charge on any atom is 0.250 e. The molecule has 2 aliphatic heterocycles. The molecule has 0 spiro atoms. The van der Waals surface area contributed by atoms with Crippen molar-refractivity contribution >= 4 is 5.91 Å². The van der Waals surface area contributed by atoms with Gasteiger partial charge in [0.2, 0.25) is 5.91 Å². The normalized spacial score (nSPS) is 26.0. The van der Waals surface area contributed by atoms with Gasteiger partial charge in [-0.05, 0) is 43.4 Å². The molecule has 4 rings (SSSR count). The van der Waals surface area contributed by atoms with Gasteiger partial charge in [0.05, 0.1) is 0 Å². The molecular weight excluding hydrogens is 305 g/mol. The van der Waals surface area contributed by atoms with Crippen molar-refractivity contribution < 1.29 is 9.18 Å². The van der Waals surface area contributed by atoms with Crippen molar-refractivity contribution in [1.29, 1.82) is 0 Å². The molecule has 1 amide bonds. The van der Waals surface area contributed by atoms with Gasteiger partial charge >= 0.3 is 0 Å². The third-order valence-electron chi connectivity index (χ3n) is 5.46. The quantitative estimate of drug-likeness (QED) is 0.921. The van der Waals surface area contributed by atoms with Crippen molar-refractivity contribution in [3.05, 3.63) is 46.8 Å². The topological polar surface area (TPSA) is 35.6 Å². The van der Waals surface area contributed by atoms with E-state index in [1.54, 1.807) is 13.0 Å². The maximum atomic E-state index is 13.8. The predicted molar refractivity (Wildman–Crippen MR) is 90.5 cm³/mol. The van der Waals surface area contributed by atoms with E-state index in [1.165, 1.54) is 6.07 Å². The van der Waals surface area contributed by atoms with Crippen LogP contribution in [0.1, 0.15) is 30.4 Å². The molecule has 1 aromatic carbocycles. The van der Waals surface area contributed by atoms with Gasteiger partial charge in [-0.1, -0.05) is 18.2 Å². The molecule has 0 radical (unpaired) electrons. The van der Waals surface area contributed by atoms with Crippen LogP contribution in [0.2, 0.25) is 0 Å². The zero-order valence-corrected chi connectivity index (χ0v) is 14.1. The predicted octanol–water partition coefficient (Wildman–Crippen LogP) is 2.39. The van der Waals surface area contributed by atoms with E-state index >= 15 is 0 Å². The number of carbonyl (C=O) groups is 1. The number of carbonyl (C=O) groups excluding carboxylic acids is 1. The van der Waals surface area contributed by atoms with Crippen LogP contribution in [-0.2, 0) is 11.3 Å². The molecule has 2 bridgehead atoms. The van der Waals surface area contributed by atoms with Crippen molar-refractivity contribution in [2.45, 2.75) is 38.8 Å². The van der Waals surface area contributed by atoms with Crippen LogP contribution in [0.25, 0.3) is 0 Å². The van der Waals surface area contributed by atoms with Gasteiger partial charge in [-0.2, -0.15) is 0 Å². The first-order valence-electron chi connectivity index (χ1n) is 8.87. The van der Waals surface area contributed by atoms with Crippen molar-refractivity contribution in [2.24, 2.45) is 5.92 Å². The molecular formula is C19H24FN3O. The van der Waals surface area contributed by atoms with Crippen molar-refractivity contribution in [1.82, 2.24) is 15.3 Å². The Kier molecular flexibility index (Phi) is 4.14. The fraction of sp³-hybridized carbons (Fsp3) is 0.526. The minimum absolute atomic E-state index is 0.160. The number of hydrogen-bond donors (Lipinski definition) is 1. The lowest BCUT2D eigenvalue weighted by molar-refractivity contribution is -0.129. The summed E-state index contributed by atoms with van der Waals surface area (Å²) in [4.78, 5) is 15.2. The number of fused-ring (bicyclic) bond motifs is 2. The zero-order valence-electron chi connectivity index (χ0n) is 14.1. The van der Waals surface area contributed by atoms with Gasteiger partial charge in [-0.25, -0.2) is 9.40 Å². The molecule has 2 heterocycles. The highest BCUT2D eigenvalue weighted by atomic mass is 19.1. The first kappa shape index (κ1) is 15.8. The number of rotatable bonds is 4. The largest absolute Gasteiger partial charge is 0.332 e. The molecule has 24 heavy (non-hydrogen) atoms. The Morgan fingerprint density at radius 1 is 1.38 bits per heavy atom. The monoisotopic (exact) mass is 329 g/mol. The highest BCUT2D eigenvalue weighted by Crippen LogP contribution is 2.33. The summed E-state index contributed by atoms with van der Waals surface area (Å²) in [6.45, 7) is 4.94. The highest BCUT2D eigenvalue weighted by molar-refractivity contribution is 5.94. The fourth-order valence-corrected chi connectivity index (χ4v) is 3.77. The minimum atomic E-state index is -0.193. The van der Waals surface area contributed by atoms with Crippen LogP contribution in [-0.4, -0.2) is 41.5 Å². The van der Waals surface area contributed by atoms with Gasteiger partial charge in [0.15, 0.2) is 0 Å². The lowest BCUT2D eigenvalue weighted by Crippen LogP contribution is -2.52. The molecule has 5 heteroatoms. The van der Waals surface area contributed by atoms with Crippen molar-refractivity contribution in [3.8, 4) is 0 Å². The molecule has 2 unspecified atom stereocenters. The number of benzene rings is 1. The van der Waals surface area contributed by atoms with Gasteiger partial charge in [0.1, 0.15) is 5.82 Å². The molecule has 4 nitrogen and oxygen atoms in total. The second kappa shape index (κ2) is 6.30. The van der Waals surface area contributed by atoms with Crippen LogP contribution >= 0.6 is 0 Å². The van der Waals surface area contributed by atoms with Crippen LogP contribution < -0.4 is 5.43 Å². The smallest absolute Gasteiger partial charge is 0.250 e. The maximum absolute atomic E-state index is 13.8. The van der Waals surface area contributed by atoms with Gasteiger partial charge in [-0.15, -0.1) is 0 Å². The van der Waals surface area contributed by atoms with Crippen LogP contribution in [0.4, 0.5) is 4.39 Å². The zero-order chi connectivity index (χ0) is 16.7. The summed E-state index contributed by atoms with van der Waals surface area (Å²) in [7, 11) is 0. The van der Waals surface area contributed by atoms with E-state index in [0.29, 0.717) is 24.1 Å². The standard InChI is InChI=1S/C19H24FN3O/c1-13-14(3-2-4-18(13)20)12-23(16-5-6-16)19(24)17-8-10-22-11-15(17)7-9-21-22/h2-4,8,15-16,21H,5-7,9-12H2,1H3. The SMILES string of the molecule is Cc1c(F)cccc1CN(C(=O)C1=CCN2CC1CCN2)C1CC1. The molecule has 0 aromatic heterocycles. The van der Waals surface area contributed by atoms with Crippen LogP contribution in [0, 0.1) is 18.7 Å². The molecule has 128 valence electrons. The van der Waals surface area contributed by atoms with E-state index in [-0.39, 0.29) is 11.7 Å². The lowest BCUT2D eigenvalue weighted by Gasteiger charge is -2.39. The molecule has 2 atom stereocenters. The molecule has 1 N–H and O–H groups in total. The minimum Gasteiger partial charge on any atom is -0.332 e. The Bertz CT molecular complexity index is 683. The number of halogens is 1. The van der Waals surface area contributed by atoms with E-state index in [4.69, 9.17) is 0 Å². The Hall–Kier alpha value is -1.72. The van der Waals surface area contributed by atoms with E-state index in [9.17, 15) is 9.18 Å². The summed E-state index contributed by atoms with van der Waals surface area (Å²) >= 11 is 0. The second-order valence-electron chi connectivity index (χ2n) is 7.15. The van der Waals surface area contributed by atoms with E-state index in [1.807, 2.05) is 11.0 Å².